The molecule has 1 aromatic carbocycles. The van der Waals surface area contributed by atoms with Crippen molar-refractivity contribution >= 4 is 17.6 Å². The van der Waals surface area contributed by atoms with E-state index in [-0.39, 0.29) is 23.4 Å². The Hall–Kier alpha value is -2.12. The standard InChI is InChI=1S/C36H58FN3O3/c1-2-3-4-5-6-7-8-9-10-11-12-14-19-34(42)38-35(43)36(40-27-15-13-16-28-40)24-29-39(30-25-36)26-17-18-33(41)31-20-22-32(37)23-21-31/h20-23H,2-19,24-30H2,1H3,(H,38,42,43). The lowest BCUT2D eigenvalue weighted by atomic mass is 9.83. The molecule has 0 atom stereocenters. The monoisotopic (exact) mass is 599 g/mol. The molecule has 2 saturated heterocycles. The van der Waals surface area contributed by atoms with Crippen LogP contribution in [0.3, 0.4) is 0 Å². The molecular weight excluding hydrogens is 541 g/mol. The number of imide groups is 1. The molecule has 1 aromatic rings. The summed E-state index contributed by atoms with van der Waals surface area (Å²) in [5, 5.41) is 2.81. The van der Waals surface area contributed by atoms with Gasteiger partial charge in [0.05, 0.1) is 0 Å². The number of ketones is 1. The maximum atomic E-state index is 13.7. The van der Waals surface area contributed by atoms with Crippen molar-refractivity contribution in [1.82, 2.24) is 15.1 Å². The van der Waals surface area contributed by atoms with Crippen LogP contribution in [-0.4, -0.2) is 65.7 Å². The number of benzene rings is 1. The van der Waals surface area contributed by atoms with Gasteiger partial charge in [-0.1, -0.05) is 84.0 Å². The second-order valence-corrected chi connectivity index (χ2v) is 13.0. The molecule has 2 fully saturated rings. The van der Waals surface area contributed by atoms with Crippen LogP contribution in [0.15, 0.2) is 24.3 Å². The fraction of sp³-hybridized carbons (Fsp3) is 0.750. The van der Waals surface area contributed by atoms with Crippen molar-refractivity contribution in [3.63, 3.8) is 0 Å². The first-order valence-electron chi connectivity index (χ1n) is 17.5. The second-order valence-electron chi connectivity index (χ2n) is 13.0. The van der Waals surface area contributed by atoms with Crippen LogP contribution in [0.2, 0.25) is 0 Å². The summed E-state index contributed by atoms with van der Waals surface area (Å²) in [5.41, 5.74) is -0.0680. The van der Waals surface area contributed by atoms with E-state index in [4.69, 9.17) is 0 Å². The quantitative estimate of drug-likeness (QED) is 0.122. The Balaban J connectivity index is 1.35. The lowest BCUT2D eigenvalue weighted by molar-refractivity contribution is -0.142. The van der Waals surface area contributed by atoms with Crippen LogP contribution in [0, 0.1) is 5.82 Å². The fourth-order valence-electron chi connectivity index (χ4n) is 6.83. The molecule has 0 bridgehead atoms. The first-order valence-corrected chi connectivity index (χ1v) is 17.5. The van der Waals surface area contributed by atoms with Crippen LogP contribution in [0.4, 0.5) is 4.39 Å². The molecule has 7 heteroatoms. The number of hydrogen-bond acceptors (Lipinski definition) is 5. The minimum atomic E-state index is -0.618. The molecule has 0 spiro atoms. The third-order valence-electron chi connectivity index (χ3n) is 9.62. The number of amides is 2. The number of nitrogens with zero attached hydrogens (tertiary/aromatic N) is 2. The zero-order chi connectivity index (χ0) is 30.8. The van der Waals surface area contributed by atoms with Crippen molar-refractivity contribution in [2.45, 2.75) is 141 Å². The summed E-state index contributed by atoms with van der Waals surface area (Å²) in [6.07, 6.45) is 21.4. The van der Waals surface area contributed by atoms with Gasteiger partial charge in [-0.05, 0) is 82.4 Å². The van der Waals surface area contributed by atoms with Crippen molar-refractivity contribution in [1.29, 1.82) is 0 Å². The molecule has 0 aromatic heterocycles. The van der Waals surface area contributed by atoms with Gasteiger partial charge in [-0.2, -0.15) is 0 Å². The number of likely N-dealkylation sites (tertiary alicyclic amines) is 2. The molecule has 2 aliphatic rings. The summed E-state index contributed by atoms with van der Waals surface area (Å²) in [6, 6.07) is 5.74. The SMILES string of the molecule is CCCCCCCCCCCCCCC(=O)NC(=O)C1(N2CCCCC2)CCN(CCCC(=O)c2ccc(F)cc2)CC1. The Labute approximate surface area is 260 Å². The molecule has 2 heterocycles. The van der Waals surface area contributed by atoms with Crippen LogP contribution in [0.5, 0.6) is 0 Å². The van der Waals surface area contributed by atoms with Gasteiger partial charge in [0.1, 0.15) is 11.4 Å². The van der Waals surface area contributed by atoms with E-state index >= 15 is 0 Å². The fourth-order valence-corrected chi connectivity index (χ4v) is 6.83. The first-order chi connectivity index (χ1) is 20.9. The number of Topliss-reactive ketones (excluding diaryl/α,β-unsaturated/α-hetero) is 1. The molecular formula is C36H58FN3O3. The van der Waals surface area contributed by atoms with Crippen LogP contribution in [-0.2, 0) is 9.59 Å². The van der Waals surface area contributed by atoms with Gasteiger partial charge in [0.25, 0.3) is 0 Å². The third-order valence-corrected chi connectivity index (χ3v) is 9.62. The average Bonchev–Trinajstić information content (AvgIpc) is 3.02. The Morgan fingerprint density at radius 2 is 1.28 bits per heavy atom. The van der Waals surface area contributed by atoms with E-state index in [1.54, 1.807) is 12.1 Å². The highest BCUT2D eigenvalue weighted by molar-refractivity contribution is 6.00. The van der Waals surface area contributed by atoms with Crippen LogP contribution in [0.1, 0.15) is 146 Å². The van der Waals surface area contributed by atoms with Gasteiger partial charge in [-0.3, -0.25) is 24.6 Å². The highest BCUT2D eigenvalue weighted by Gasteiger charge is 2.46. The summed E-state index contributed by atoms with van der Waals surface area (Å²) in [4.78, 5) is 43.6. The number of rotatable bonds is 20. The molecule has 1 N–H and O–H groups in total. The first kappa shape index (κ1) is 35.4. The van der Waals surface area contributed by atoms with E-state index in [1.807, 2.05) is 0 Å². The van der Waals surface area contributed by atoms with Crippen molar-refractivity contribution in [2.24, 2.45) is 0 Å². The van der Waals surface area contributed by atoms with E-state index in [1.165, 1.54) is 82.8 Å². The summed E-state index contributed by atoms with van der Waals surface area (Å²) < 4.78 is 13.2. The minimum Gasteiger partial charge on any atom is -0.303 e. The summed E-state index contributed by atoms with van der Waals surface area (Å²) >= 11 is 0. The Kier molecular flexibility index (Phi) is 16.5. The largest absolute Gasteiger partial charge is 0.303 e. The van der Waals surface area contributed by atoms with Gasteiger partial charge in [0.2, 0.25) is 11.8 Å². The van der Waals surface area contributed by atoms with Gasteiger partial charge >= 0.3 is 0 Å². The molecule has 0 saturated carbocycles. The highest BCUT2D eigenvalue weighted by Crippen LogP contribution is 2.32. The van der Waals surface area contributed by atoms with Crippen LogP contribution in [0.25, 0.3) is 0 Å². The molecule has 0 aliphatic carbocycles. The van der Waals surface area contributed by atoms with Gasteiger partial charge in [0.15, 0.2) is 5.78 Å². The van der Waals surface area contributed by atoms with E-state index in [2.05, 4.69) is 22.0 Å². The number of carbonyl (C=O) groups excluding carboxylic acids is 3. The molecule has 2 amide bonds. The zero-order valence-electron chi connectivity index (χ0n) is 27.0. The molecule has 3 rings (SSSR count). The number of carbonyl (C=O) groups is 3. The maximum Gasteiger partial charge on any atom is 0.247 e. The van der Waals surface area contributed by atoms with Gasteiger partial charge in [-0.25, -0.2) is 4.39 Å². The number of nitrogens with one attached hydrogen (secondary N) is 1. The van der Waals surface area contributed by atoms with E-state index < -0.39 is 5.54 Å². The Morgan fingerprint density at radius 1 is 0.721 bits per heavy atom. The van der Waals surface area contributed by atoms with Crippen molar-refractivity contribution in [3.05, 3.63) is 35.6 Å². The number of hydrogen-bond donors (Lipinski definition) is 1. The van der Waals surface area contributed by atoms with Crippen LogP contribution < -0.4 is 5.32 Å². The molecule has 2 aliphatic heterocycles. The number of unbranched alkanes of at least 4 members (excludes halogenated alkanes) is 11. The summed E-state index contributed by atoms with van der Waals surface area (Å²) in [5.74, 6) is -0.539. The molecule has 0 unspecified atom stereocenters. The van der Waals surface area contributed by atoms with E-state index in [9.17, 15) is 18.8 Å². The molecule has 6 nitrogen and oxygen atoms in total. The van der Waals surface area contributed by atoms with Crippen molar-refractivity contribution < 1.29 is 18.8 Å². The zero-order valence-corrected chi connectivity index (χ0v) is 27.0. The summed E-state index contributed by atoms with van der Waals surface area (Å²) in [6.45, 7) is 6.43. The Morgan fingerprint density at radius 3 is 1.86 bits per heavy atom. The Bertz CT molecular complexity index is 953. The normalized spacial score (nSPS) is 17.5. The topological polar surface area (TPSA) is 69.7 Å². The lowest BCUT2D eigenvalue weighted by Gasteiger charge is -2.48. The predicted molar refractivity (Wildman–Crippen MR) is 173 cm³/mol. The maximum absolute atomic E-state index is 13.7. The van der Waals surface area contributed by atoms with Crippen molar-refractivity contribution in [2.75, 3.05) is 32.7 Å². The van der Waals surface area contributed by atoms with Crippen molar-refractivity contribution in [3.8, 4) is 0 Å². The van der Waals surface area contributed by atoms with Gasteiger partial charge in [0, 0.05) is 31.5 Å². The highest BCUT2D eigenvalue weighted by atomic mass is 19.1. The number of piperidine rings is 2. The average molecular weight is 600 g/mol. The second kappa shape index (κ2) is 20.0. The van der Waals surface area contributed by atoms with E-state index in [0.717, 1.165) is 64.8 Å². The van der Waals surface area contributed by atoms with Gasteiger partial charge < -0.3 is 4.90 Å². The molecule has 0 radical (unpaired) electrons. The smallest absolute Gasteiger partial charge is 0.247 e. The van der Waals surface area contributed by atoms with Gasteiger partial charge in [-0.15, -0.1) is 0 Å². The third kappa shape index (κ3) is 12.4. The molecule has 43 heavy (non-hydrogen) atoms. The summed E-state index contributed by atoms with van der Waals surface area (Å²) in [7, 11) is 0. The predicted octanol–water partition coefficient (Wildman–Crippen LogP) is 7.84. The van der Waals surface area contributed by atoms with Crippen LogP contribution >= 0.6 is 0 Å². The number of halogens is 1. The molecule has 242 valence electrons. The minimum absolute atomic E-state index is 0.0331. The lowest BCUT2D eigenvalue weighted by Crippen LogP contribution is -2.64. The van der Waals surface area contributed by atoms with E-state index in [0.29, 0.717) is 31.2 Å².